The molecule has 148 heavy (non-hydrogen) atoms. The minimum atomic E-state index is -0.393. The Morgan fingerprint density at radius 3 is 0.757 bits per heavy atom. The SMILES string of the molecule is [2H]c1c([2H])c([2H])c(-n2c3ccc4ccccc4c3c3c4ccccc4c4ccccc4c32)c([2H])c1[2H].c1ccc2c(c1)cc(-n1c3c4ccccc4ccc3c3c4ccccc4c4ccccc4c31)c1ccccc12.c1ccc2c(c1)cc(-n1c3ccc4ccccc4c3c3c4ccccc4c4ccccc4c31)c1ccccc12.c1ccc2cc3c(cc2c1)c1c2ccccc2c2ccccc2c1n3-c1cc2ccccc2c2ccccc12. The summed E-state index contributed by atoms with van der Waals surface area (Å²) in [5.41, 5.74) is 13.1. The second-order valence-corrected chi connectivity index (χ2v) is 39.3. The van der Waals surface area contributed by atoms with Gasteiger partial charge in [0.15, 0.2) is 0 Å². The van der Waals surface area contributed by atoms with Gasteiger partial charge in [0.05, 0.1) is 68.0 Å². The molecule has 0 radical (unpaired) electrons. The van der Waals surface area contributed by atoms with Crippen LogP contribution in [-0.4, -0.2) is 18.3 Å². The molecule has 0 atom stereocenters. The fraction of sp³-hybridized carbons (Fsp3) is 0. The summed E-state index contributed by atoms with van der Waals surface area (Å²) >= 11 is 0. The second kappa shape index (κ2) is 33.0. The topological polar surface area (TPSA) is 19.7 Å². The lowest BCUT2D eigenvalue weighted by Crippen LogP contribution is -1.97. The van der Waals surface area contributed by atoms with Crippen molar-refractivity contribution < 1.29 is 6.85 Å². The molecule has 0 fully saturated rings. The van der Waals surface area contributed by atoms with Crippen LogP contribution in [0, 0.1) is 0 Å². The van der Waals surface area contributed by atoms with Crippen LogP contribution in [0.5, 0.6) is 0 Å². The monoisotopic (exact) mass is 1880 g/mol. The molecule has 30 aromatic carbocycles. The number of hydrogen-bond acceptors (Lipinski definition) is 0. The highest BCUT2D eigenvalue weighted by molar-refractivity contribution is 6.41. The second-order valence-electron chi connectivity index (χ2n) is 39.3. The molecule has 0 aliphatic rings. The van der Waals surface area contributed by atoms with Crippen molar-refractivity contribution in [3.05, 3.63) is 534 Å². The van der Waals surface area contributed by atoms with Gasteiger partial charge in [-0.1, -0.05) is 479 Å². The highest BCUT2D eigenvalue weighted by atomic mass is 15.0. The number of rotatable bonds is 4. The predicted molar refractivity (Wildman–Crippen MR) is 638 cm³/mol. The van der Waals surface area contributed by atoms with E-state index in [1.54, 1.807) is 0 Å². The molecule has 0 aliphatic carbocycles. The maximum Gasteiger partial charge on any atom is 0.0645 e. The summed E-state index contributed by atoms with van der Waals surface area (Å²) in [6, 6.07) is 181. The number of para-hydroxylation sites is 1. The van der Waals surface area contributed by atoms with Gasteiger partial charge in [-0.15, -0.1) is 0 Å². The smallest absolute Gasteiger partial charge is 0.0645 e. The molecular formula is C144H88N4. The summed E-state index contributed by atoms with van der Waals surface area (Å²) < 4.78 is 52.0. The fourth-order valence-corrected chi connectivity index (χ4v) is 25.7. The van der Waals surface area contributed by atoms with Crippen molar-refractivity contribution in [3.63, 3.8) is 0 Å². The summed E-state index contributed by atoms with van der Waals surface area (Å²) in [7, 11) is 0. The van der Waals surface area contributed by atoms with Crippen LogP contribution in [0.3, 0.4) is 0 Å². The maximum absolute atomic E-state index is 8.80. The standard InChI is InChI=1S/3C38H23N.C30H19N/c1-4-14-27-24(11-1)21-22-34-36-32-19-9-6-16-29(32)30-17-7-10-20-33(30)38(36)39(37(27)34)35-23-25-12-2-3-13-26(25)28-15-5-8-18-31(28)35;1-4-14-27-24(11-1)21-22-34-36(27)37-32-19-9-6-16-29(32)30-17-7-10-20-33(30)38(37)39(34)35-23-25-12-2-3-13-26(25)28-15-5-8-18-31(28)35;1-2-12-25-22-36-34(21-24(25)11-1)37-32-19-9-6-16-29(32)30-17-7-10-20-33(30)38(37)39(36)35-23-26-13-3-4-14-27(26)28-15-5-8-18-31(28)35;1-2-11-21(12-3-1)31-27-19-18-20-10-4-5-13-22(20)28(27)29-25-16-8-6-14-23(25)24-15-7-9-17-26(24)30(29)31/h3*1-23H;1-19H/i;;;1D,2D,3D,11D,12D. The van der Waals surface area contributed by atoms with Crippen molar-refractivity contribution in [1.29, 1.82) is 0 Å². The molecule has 0 aliphatic heterocycles. The fourth-order valence-electron chi connectivity index (χ4n) is 25.7. The first-order valence-corrected chi connectivity index (χ1v) is 50.9. The van der Waals surface area contributed by atoms with Crippen molar-refractivity contribution in [3.8, 4) is 22.7 Å². The van der Waals surface area contributed by atoms with E-state index in [0.29, 0.717) is 0 Å². The zero-order valence-electron chi connectivity index (χ0n) is 85.2. The first kappa shape index (κ1) is 78.1. The van der Waals surface area contributed by atoms with E-state index in [9.17, 15) is 0 Å². The normalized spacial score (nSPS) is 12.5. The van der Waals surface area contributed by atoms with Gasteiger partial charge in [-0.2, -0.15) is 0 Å². The minimum Gasteiger partial charge on any atom is -0.309 e. The molecule has 34 aromatic rings. The molecule has 34 rings (SSSR count). The molecule has 0 bridgehead atoms. The highest BCUT2D eigenvalue weighted by Gasteiger charge is 2.29. The summed E-state index contributed by atoms with van der Waals surface area (Å²) in [5.74, 6) is 0. The number of fused-ring (bicyclic) bond motifs is 48. The Balaban J connectivity index is 0.0000000913. The molecule has 684 valence electrons. The Bertz CT molecular complexity index is 11800. The molecule has 0 amide bonds. The summed E-state index contributed by atoms with van der Waals surface area (Å²) in [5, 5.41) is 54.7. The van der Waals surface area contributed by atoms with Crippen LogP contribution in [0.4, 0.5) is 0 Å². The number of nitrogens with zero attached hydrogens (tertiary/aromatic N) is 4. The van der Waals surface area contributed by atoms with Crippen molar-refractivity contribution in [2.24, 2.45) is 0 Å². The minimum absolute atomic E-state index is 0.164. The lowest BCUT2D eigenvalue weighted by atomic mass is 9.95. The third-order valence-corrected chi connectivity index (χ3v) is 31.8. The van der Waals surface area contributed by atoms with Crippen LogP contribution < -0.4 is 0 Å². The lowest BCUT2D eigenvalue weighted by Gasteiger charge is -2.16. The molecule has 4 heterocycles. The van der Waals surface area contributed by atoms with Gasteiger partial charge in [0.25, 0.3) is 0 Å². The van der Waals surface area contributed by atoms with Gasteiger partial charge in [-0.05, 0) is 205 Å². The summed E-state index contributed by atoms with van der Waals surface area (Å²) in [6.07, 6.45) is 0. The van der Waals surface area contributed by atoms with Crippen LogP contribution in [0.2, 0.25) is 0 Å². The average molecular weight is 1880 g/mol. The molecule has 4 nitrogen and oxygen atoms in total. The first-order chi connectivity index (χ1) is 75.6. The van der Waals surface area contributed by atoms with Gasteiger partial charge < -0.3 is 18.3 Å². The summed E-state index contributed by atoms with van der Waals surface area (Å²) in [6.45, 7) is 0. The Morgan fingerprint density at radius 1 is 0.122 bits per heavy atom. The Hall–Kier alpha value is -19.5. The van der Waals surface area contributed by atoms with Gasteiger partial charge >= 0.3 is 0 Å². The number of benzene rings is 30. The third-order valence-electron chi connectivity index (χ3n) is 31.8. The van der Waals surface area contributed by atoms with Crippen LogP contribution in [0.1, 0.15) is 6.85 Å². The number of aromatic nitrogens is 4. The Labute approximate surface area is 856 Å². The van der Waals surface area contributed by atoms with Crippen LogP contribution in [-0.2, 0) is 0 Å². The molecule has 0 unspecified atom stereocenters. The van der Waals surface area contributed by atoms with Gasteiger partial charge in [0.2, 0.25) is 0 Å². The van der Waals surface area contributed by atoms with Crippen molar-refractivity contribution >= 4 is 281 Å². The zero-order valence-corrected chi connectivity index (χ0v) is 80.2. The zero-order chi connectivity index (χ0) is 101. The quantitative estimate of drug-likeness (QED) is 0.157. The van der Waals surface area contributed by atoms with E-state index < -0.39 is 6.04 Å². The van der Waals surface area contributed by atoms with E-state index in [1.807, 2.05) is 53.1 Å². The third kappa shape index (κ3) is 12.4. The largest absolute Gasteiger partial charge is 0.309 e. The van der Waals surface area contributed by atoms with Gasteiger partial charge in [0, 0.05) is 91.9 Å². The molecule has 0 N–H and O–H groups in total. The van der Waals surface area contributed by atoms with Gasteiger partial charge in [-0.3, -0.25) is 0 Å². The summed E-state index contributed by atoms with van der Waals surface area (Å²) in [4.78, 5) is 0. The van der Waals surface area contributed by atoms with E-state index >= 15 is 0 Å². The Kier molecular flexibility index (Phi) is 17.4. The highest BCUT2D eigenvalue weighted by Crippen LogP contribution is 2.53. The predicted octanol–water partition coefficient (Wildman–Crippen LogP) is 39.9. The van der Waals surface area contributed by atoms with Crippen LogP contribution >= 0.6 is 0 Å². The van der Waals surface area contributed by atoms with Gasteiger partial charge in [-0.25, -0.2) is 0 Å². The molecule has 0 saturated carbocycles. The van der Waals surface area contributed by atoms with Crippen LogP contribution in [0.25, 0.3) is 304 Å². The molecule has 4 aromatic heterocycles. The van der Waals surface area contributed by atoms with Crippen LogP contribution in [0.15, 0.2) is 534 Å². The lowest BCUT2D eigenvalue weighted by molar-refractivity contribution is 1.19. The Morgan fingerprint density at radius 2 is 0.365 bits per heavy atom. The number of hydrogen-bond donors (Lipinski definition) is 0. The van der Waals surface area contributed by atoms with E-state index in [-0.39, 0.29) is 29.9 Å². The van der Waals surface area contributed by atoms with E-state index in [0.717, 1.165) is 54.1 Å². The molecular weight excluding hydrogens is 1790 g/mol. The van der Waals surface area contributed by atoms with E-state index in [4.69, 9.17) is 6.85 Å². The van der Waals surface area contributed by atoms with Crippen molar-refractivity contribution in [1.82, 2.24) is 18.3 Å². The van der Waals surface area contributed by atoms with E-state index in [1.165, 1.54) is 244 Å². The molecule has 0 saturated heterocycles. The van der Waals surface area contributed by atoms with Crippen molar-refractivity contribution in [2.75, 3.05) is 0 Å². The van der Waals surface area contributed by atoms with E-state index in [2.05, 4.69) is 469 Å². The van der Waals surface area contributed by atoms with Gasteiger partial charge in [0.1, 0.15) is 0 Å². The molecule has 4 heteroatoms. The van der Waals surface area contributed by atoms with Crippen molar-refractivity contribution in [2.45, 2.75) is 0 Å². The first-order valence-electron chi connectivity index (χ1n) is 53.4. The maximum atomic E-state index is 8.80. The molecule has 0 spiro atoms. The average Bonchev–Trinajstić information content (AvgIpc) is 1.54.